The number of aryl methyl sites for hydroxylation is 1. The molecule has 3 unspecified atom stereocenters. The Kier molecular flexibility index (Phi) is 3.63. The van der Waals surface area contributed by atoms with Crippen molar-refractivity contribution >= 4 is 0 Å². The van der Waals surface area contributed by atoms with E-state index < -0.39 is 0 Å². The maximum atomic E-state index is 5.41. The molecule has 4 rings (SSSR count). The molecule has 1 fully saturated rings. The van der Waals surface area contributed by atoms with Crippen molar-refractivity contribution in [1.29, 1.82) is 0 Å². The molecule has 0 amide bonds. The zero-order chi connectivity index (χ0) is 14.9. The van der Waals surface area contributed by atoms with Gasteiger partial charge in [0.25, 0.3) is 0 Å². The first kappa shape index (κ1) is 13.8. The van der Waals surface area contributed by atoms with E-state index in [0.717, 1.165) is 5.75 Å². The van der Waals surface area contributed by atoms with E-state index in [1.807, 2.05) is 0 Å². The molecule has 2 nitrogen and oxygen atoms in total. The number of nitrogens with one attached hydrogen (secondary N) is 1. The summed E-state index contributed by atoms with van der Waals surface area (Å²) in [5.74, 6) is 1.67. The lowest BCUT2D eigenvalue weighted by Gasteiger charge is -2.27. The maximum Gasteiger partial charge on any atom is 0.119 e. The van der Waals surface area contributed by atoms with Gasteiger partial charge in [-0.15, -0.1) is 0 Å². The molecule has 0 spiro atoms. The lowest BCUT2D eigenvalue weighted by molar-refractivity contribution is 0.408. The van der Waals surface area contributed by atoms with Gasteiger partial charge in [-0.2, -0.15) is 0 Å². The Morgan fingerprint density at radius 1 is 1.09 bits per heavy atom. The summed E-state index contributed by atoms with van der Waals surface area (Å²) in [4.78, 5) is 0. The standard InChI is InChI=1S/C20H23NO/c1-22-16-11-10-15-8-5-9-19(17(15)12-16)21-20-13-18(20)14-6-3-2-4-7-14/h2-4,6-7,10-12,18-21H,5,8-9,13H2,1H3. The molecule has 2 aliphatic carbocycles. The van der Waals surface area contributed by atoms with Gasteiger partial charge in [-0.1, -0.05) is 36.4 Å². The van der Waals surface area contributed by atoms with Crippen molar-refractivity contribution in [3.63, 3.8) is 0 Å². The minimum absolute atomic E-state index is 0.484. The topological polar surface area (TPSA) is 21.3 Å². The smallest absolute Gasteiger partial charge is 0.119 e. The van der Waals surface area contributed by atoms with Gasteiger partial charge >= 0.3 is 0 Å². The third kappa shape index (κ3) is 2.64. The molecule has 3 atom stereocenters. The van der Waals surface area contributed by atoms with E-state index >= 15 is 0 Å². The van der Waals surface area contributed by atoms with Gasteiger partial charge < -0.3 is 10.1 Å². The molecule has 2 aromatic rings. The Morgan fingerprint density at radius 3 is 2.77 bits per heavy atom. The zero-order valence-electron chi connectivity index (χ0n) is 13.1. The van der Waals surface area contributed by atoms with E-state index in [0.29, 0.717) is 18.0 Å². The number of rotatable bonds is 4. The predicted molar refractivity (Wildman–Crippen MR) is 89.4 cm³/mol. The van der Waals surface area contributed by atoms with Crippen LogP contribution in [-0.4, -0.2) is 13.2 Å². The third-order valence-electron chi connectivity index (χ3n) is 5.10. The zero-order valence-corrected chi connectivity index (χ0v) is 13.1. The van der Waals surface area contributed by atoms with Crippen molar-refractivity contribution in [2.24, 2.45) is 0 Å². The summed E-state index contributed by atoms with van der Waals surface area (Å²) in [6.07, 6.45) is 4.97. The predicted octanol–water partition coefficient (Wildman–Crippen LogP) is 4.22. The second-order valence-electron chi connectivity index (χ2n) is 6.54. The monoisotopic (exact) mass is 293 g/mol. The lowest BCUT2D eigenvalue weighted by Crippen LogP contribution is -2.27. The molecular formula is C20H23NO. The van der Waals surface area contributed by atoms with E-state index in [-0.39, 0.29) is 0 Å². The fourth-order valence-corrected chi connectivity index (χ4v) is 3.78. The van der Waals surface area contributed by atoms with Crippen molar-refractivity contribution in [2.45, 2.75) is 43.7 Å². The lowest BCUT2D eigenvalue weighted by atomic mass is 9.87. The fourth-order valence-electron chi connectivity index (χ4n) is 3.78. The number of hydrogen-bond donors (Lipinski definition) is 1. The average Bonchev–Trinajstić information content (AvgIpc) is 3.35. The van der Waals surface area contributed by atoms with Crippen LogP contribution in [0.4, 0.5) is 0 Å². The average molecular weight is 293 g/mol. The molecule has 0 saturated heterocycles. The highest BCUT2D eigenvalue weighted by Gasteiger charge is 2.40. The highest BCUT2D eigenvalue weighted by molar-refractivity contribution is 5.40. The van der Waals surface area contributed by atoms with Gasteiger partial charge in [0.15, 0.2) is 0 Å². The second kappa shape index (κ2) is 5.77. The minimum Gasteiger partial charge on any atom is -0.497 e. The summed E-state index contributed by atoms with van der Waals surface area (Å²) in [7, 11) is 1.75. The van der Waals surface area contributed by atoms with Gasteiger partial charge in [0.2, 0.25) is 0 Å². The van der Waals surface area contributed by atoms with Crippen molar-refractivity contribution in [1.82, 2.24) is 5.32 Å². The Bertz CT molecular complexity index is 652. The summed E-state index contributed by atoms with van der Waals surface area (Å²) in [5.41, 5.74) is 4.41. The summed E-state index contributed by atoms with van der Waals surface area (Å²) >= 11 is 0. The van der Waals surface area contributed by atoms with Crippen molar-refractivity contribution in [3.05, 3.63) is 65.2 Å². The molecule has 0 aromatic heterocycles. The van der Waals surface area contributed by atoms with Gasteiger partial charge in [-0.3, -0.25) is 0 Å². The number of benzene rings is 2. The molecule has 0 heterocycles. The maximum absolute atomic E-state index is 5.41. The Labute approximate surface area is 132 Å². The molecule has 2 aromatic carbocycles. The highest BCUT2D eigenvalue weighted by atomic mass is 16.5. The molecule has 1 saturated carbocycles. The SMILES string of the molecule is COc1ccc2c(c1)C(NC1CC1c1ccccc1)CCC2. The molecule has 22 heavy (non-hydrogen) atoms. The molecule has 1 N–H and O–H groups in total. The van der Waals surface area contributed by atoms with E-state index in [9.17, 15) is 0 Å². The minimum atomic E-state index is 0.484. The van der Waals surface area contributed by atoms with Crippen molar-refractivity contribution in [2.75, 3.05) is 7.11 Å². The molecule has 0 aliphatic heterocycles. The summed E-state index contributed by atoms with van der Waals surface area (Å²) in [6, 6.07) is 18.6. The van der Waals surface area contributed by atoms with Crippen LogP contribution < -0.4 is 10.1 Å². The van der Waals surface area contributed by atoms with E-state index in [1.165, 1.54) is 42.4 Å². The Balaban J connectivity index is 1.49. The number of fused-ring (bicyclic) bond motifs is 1. The second-order valence-corrected chi connectivity index (χ2v) is 6.54. The number of ether oxygens (including phenoxy) is 1. The molecule has 0 bridgehead atoms. The van der Waals surface area contributed by atoms with Crippen LogP contribution in [0.2, 0.25) is 0 Å². The summed E-state index contributed by atoms with van der Waals surface area (Å²) in [6.45, 7) is 0. The first-order valence-electron chi connectivity index (χ1n) is 8.33. The molecule has 0 radical (unpaired) electrons. The first-order chi connectivity index (χ1) is 10.8. The number of hydrogen-bond acceptors (Lipinski definition) is 2. The Hall–Kier alpha value is -1.80. The summed E-state index contributed by atoms with van der Waals surface area (Å²) in [5, 5.41) is 3.89. The molecule has 2 heteroatoms. The first-order valence-corrected chi connectivity index (χ1v) is 8.33. The van der Waals surface area contributed by atoms with Crippen LogP contribution in [0, 0.1) is 0 Å². The van der Waals surface area contributed by atoms with Crippen molar-refractivity contribution < 1.29 is 4.74 Å². The van der Waals surface area contributed by atoms with Crippen LogP contribution in [0.15, 0.2) is 48.5 Å². The van der Waals surface area contributed by atoms with Gasteiger partial charge in [0.05, 0.1) is 7.11 Å². The van der Waals surface area contributed by atoms with Crippen LogP contribution in [0.1, 0.15) is 47.9 Å². The molecule has 114 valence electrons. The van der Waals surface area contributed by atoms with Crippen LogP contribution >= 0.6 is 0 Å². The van der Waals surface area contributed by atoms with Gasteiger partial charge in [0.1, 0.15) is 5.75 Å². The normalized spacial score (nSPS) is 26.3. The van der Waals surface area contributed by atoms with Crippen LogP contribution in [-0.2, 0) is 6.42 Å². The van der Waals surface area contributed by atoms with Crippen molar-refractivity contribution in [3.8, 4) is 5.75 Å². The molecular weight excluding hydrogens is 270 g/mol. The highest BCUT2D eigenvalue weighted by Crippen LogP contribution is 2.43. The van der Waals surface area contributed by atoms with E-state index in [4.69, 9.17) is 4.74 Å². The summed E-state index contributed by atoms with van der Waals surface area (Å²) < 4.78 is 5.41. The van der Waals surface area contributed by atoms with Crippen LogP contribution in [0.25, 0.3) is 0 Å². The van der Waals surface area contributed by atoms with E-state index in [1.54, 1.807) is 7.11 Å². The van der Waals surface area contributed by atoms with Crippen LogP contribution in [0.3, 0.4) is 0 Å². The van der Waals surface area contributed by atoms with Gasteiger partial charge in [0, 0.05) is 18.0 Å². The Morgan fingerprint density at radius 2 is 1.95 bits per heavy atom. The van der Waals surface area contributed by atoms with Crippen LogP contribution in [0.5, 0.6) is 5.75 Å². The van der Waals surface area contributed by atoms with Gasteiger partial charge in [-0.05, 0) is 54.5 Å². The largest absolute Gasteiger partial charge is 0.497 e. The number of methoxy groups -OCH3 is 1. The third-order valence-corrected chi connectivity index (χ3v) is 5.10. The van der Waals surface area contributed by atoms with E-state index in [2.05, 4.69) is 53.8 Å². The fraction of sp³-hybridized carbons (Fsp3) is 0.400. The van der Waals surface area contributed by atoms with Gasteiger partial charge in [-0.25, -0.2) is 0 Å². The quantitative estimate of drug-likeness (QED) is 0.911. The molecule has 2 aliphatic rings.